The van der Waals surface area contributed by atoms with Crippen LogP contribution in [0.2, 0.25) is 0 Å². The molecule has 118 valence electrons. The van der Waals surface area contributed by atoms with Crippen molar-refractivity contribution in [1.29, 1.82) is 0 Å². The van der Waals surface area contributed by atoms with E-state index in [2.05, 4.69) is 0 Å². The maximum Gasteiger partial charge on any atom is 0.337 e. The molecule has 5 nitrogen and oxygen atoms in total. The van der Waals surface area contributed by atoms with Gasteiger partial charge in [-0.25, -0.2) is 4.79 Å². The number of esters is 1. The van der Waals surface area contributed by atoms with Crippen molar-refractivity contribution in [1.82, 2.24) is 0 Å². The van der Waals surface area contributed by atoms with Gasteiger partial charge >= 0.3 is 5.97 Å². The Bertz CT molecular complexity index is 606. The van der Waals surface area contributed by atoms with Gasteiger partial charge in [0.15, 0.2) is 12.2 Å². The minimum atomic E-state index is -1.82. The first kappa shape index (κ1) is 16.6. The van der Waals surface area contributed by atoms with Gasteiger partial charge in [0.25, 0.3) is 0 Å². The smallest absolute Gasteiger partial charge is 0.337 e. The van der Waals surface area contributed by atoms with E-state index >= 15 is 0 Å². The zero-order chi connectivity index (χ0) is 16.7. The van der Waals surface area contributed by atoms with Crippen LogP contribution >= 0.6 is 0 Å². The second-order valence-corrected chi connectivity index (χ2v) is 4.93. The van der Waals surface area contributed by atoms with Crippen LogP contribution in [-0.4, -0.2) is 29.8 Å². The van der Waals surface area contributed by atoms with Crippen LogP contribution < -0.4 is 0 Å². The van der Waals surface area contributed by atoms with E-state index in [4.69, 9.17) is 4.74 Å². The summed E-state index contributed by atoms with van der Waals surface area (Å²) >= 11 is 0. The van der Waals surface area contributed by atoms with Crippen LogP contribution in [0.5, 0.6) is 0 Å². The van der Waals surface area contributed by atoms with E-state index in [9.17, 15) is 19.5 Å². The molecule has 0 bridgehead atoms. The Labute approximate surface area is 133 Å². The number of aliphatic hydroxyl groups excluding tert-OH is 1. The van der Waals surface area contributed by atoms with E-state index in [-0.39, 0.29) is 12.6 Å². The van der Waals surface area contributed by atoms with Gasteiger partial charge in [-0.1, -0.05) is 60.7 Å². The van der Waals surface area contributed by atoms with Gasteiger partial charge in [0.05, 0.1) is 0 Å². The Morgan fingerprint density at radius 2 is 1.30 bits per heavy atom. The van der Waals surface area contributed by atoms with E-state index in [0.29, 0.717) is 11.1 Å². The third kappa shape index (κ3) is 4.11. The second kappa shape index (κ2) is 8.00. The van der Waals surface area contributed by atoms with Crippen molar-refractivity contribution in [2.24, 2.45) is 5.92 Å². The molecule has 0 heterocycles. The van der Waals surface area contributed by atoms with Crippen molar-refractivity contribution >= 4 is 18.5 Å². The van der Waals surface area contributed by atoms with Gasteiger partial charge in [-0.3, -0.25) is 0 Å². The number of ether oxygens (including phenoxy) is 1. The molecule has 5 heteroatoms. The number of aldehydes is 2. The van der Waals surface area contributed by atoms with E-state index in [1.807, 2.05) is 12.1 Å². The summed E-state index contributed by atoms with van der Waals surface area (Å²) in [4.78, 5) is 33.5. The molecule has 1 N–H and O–H groups in total. The molecule has 0 aliphatic rings. The minimum absolute atomic E-state index is 0.221. The standard InChI is InChI=1S/C18H16O5/c19-11-15(12-20)16(21)18(22)23-17(13-7-3-1-4-8-13)14-9-5-2-6-10-14/h1-12,15-17,21H. The Kier molecular flexibility index (Phi) is 5.77. The van der Waals surface area contributed by atoms with Crippen molar-refractivity contribution in [2.45, 2.75) is 12.2 Å². The summed E-state index contributed by atoms with van der Waals surface area (Å²) in [6.07, 6.45) is -2.11. The van der Waals surface area contributed by atoms with Crippen LogP contribution in [0.15, 0.2) is 60.7 Å². The van der Waals surface area contributed by atoms with Gasteiger partial charge in [-0.05, 0) is 11.1 Å². The monoisotopic (exact) mass is 312 g/mol. The second-order valence-electron chi connectivity index (χ2n) is 4.93. The molecule has 2 aromatic carbocycles. The number of carbonyl (C=O) groups is 3. The van der Waals surface area contributed by atoms with Crippen LogP contribution in [0.25, 0.3) is 0 Å². The van der Waals surface area contributed by atoms with Gasteiger partial charge in [0, 0.05) is 0 Å². The van der Waals surface area contributed by atoms with Crippen molar-refractivity contribution in [3.05, 3.63) is 71.8 Å². The van der Waals surface area contributed by atoms with E-state index in [1.54, 1.807) is 48.5 Å². The van der Waals surface area contributed by atoms with E-state index in [1.165, 1.54) is 0 Å². The van der Waals surface area contributed by atoms with Crippen LogP contribution in [0.1, 0.15) is 17.2 Å². The molecule has 2 aromatic rings. The molecule has 0 aromatic heterocycles. The van der Waals surface area contributed by atoms with Crippen LogP contribution in [0.3, 0.4) is 0 Å². The molecule has 1 unspecified atom stereocenters. The largest absolute Gasteiger partial charge is 0.451 e. The quantitative estimate of drug-likeness (QED) is 0.478. The highest BCUT2D eigenvalue weighted by molar-refractivity contribution is 5.88. The molecule has 23 heavy (non-hydrogen) atoms. The van der Waals surface area contributed by atoms with Crippen molar-refractivity contribution in [2.75, 3.05) is 0 Å². The summed E-state index contributed by atoms with van der Waals surface area (Å²) in [5.74, 6) is -2.46. The maximum absolute atomic E-state index is 12.1. The van der Waals surface area contributed by atoms with Crippen molar-refractivity contribution in [3.63, 3.8) is 0 Å². The van der Waals surface area contributed by atoms with Crippen LogP contribution in [0, 0.1) is 5.92 Å². The number of carbonyl (C=O) groups excluding carboxylic acids is 3. The predicted molar refractivity (Wildman–Crippen MR) is 82.4 cm³/mol. The lowest BCUT2D eigenvalue weighted by atomic mass is 10.0. The summed E-state index contributed by atoms with van der Waals surface area (Å²) in [6.45, 7) is 0. The lowest BCUT2D eigenvalue weighted by molar-refractivity contribution is -0.162. The number of hydrogen-bond acceptors (Lipinski definition) is 5. The molecule has 0 aliphatic carbocycles. The SMILES string of the molecule is O=CC(C=O)C(O)C(=O)OC(c1ccccc1)c1ccccc1. The normalized spacial score (nSPS) is 12.0. The highest BCUT2D eigenvalue weighted by atomic mass is 16.6. The number of aliphatic hydroxyl groups is 1. The molecule has 2 rings (SSSR count). The summed E-state index contributed by atoms with van der Waals surface area (Å²) in [6, 6.07) is 18.0. The Hall–Kier alpha value is -2.79. The third-order valence-corrected chi connectivity index (χ3v) is 3.36. The fourth-order valence-electron chi connectivity index (χ4n) is 2.11. The van der Waals surface area contributed by atoms with E-state index in [0.717, 1.165) is 0 Å². The maximum atomic E-state index is 12.1. The molecule has 0 spiro atoms. The van der Waals surface area contributed by atoms with Crippen molar-refractivity contribution in [3.8, 4) is 0 Å². The van der Waals surface area contributed by atoms with Gasteiger partial charge in [0.2, 0.25) is 0 Å². The van der Waals surface area contributed by atoms with Gasteiger partial charge in [-0.2, -0.15) is 0 Å². The molecule has 1 atom stereocenters. The Morgan fingerprint density at radius 1 is 0.870 bits per heavy atom. The molecule has 0 fully saturated rings. The average molecular weight is 312 g/mol. The highest BCUT2D eigenvalue weighted by Crippen LogP contribution is 2.26. The molecule has 0 radical (unpaired) electrons. The lowest BCUT2D eigenvalue weighted by Gasteiger charge is -2.21. The molecular formula is C18H16O5. The zero-order valence-electron chi connectivity index (χ0n) is 12.2. The summed E-state index contributed by atoms with van der Waals surface area (Å²) < 4.78 is 5.36. The topological polar surface area (TPSA) is 80.7 Å². The number of hydrogen-bond donors (Lipinski definition) is 1. The molecule has 0 saturated heterocycles. The summed E-state index contributed by atoms with van der Waals surface area (Å²) in [5.41, 5.74) is 1.43. The first-order chi connectivity index (χ1) is 11.2. The van der Waals surface area contributed by atoms with Gasteiger partial charge in [-0.15, -0.1) is 0 Å². The zero-order valence-corrected chi connectivity index (χ0v) is 12.2. The van der Waals surface area contributed by atoms with Gasteiger partial charge < -0.3 is 19.4 Å². The average Bonchev–Trinajstić information content (AvgIpc) is 2.62. The van der Waals surface area contributed by atoms with E-state index < -0.39 is 24.1 Å². The molecular weight excluding hydrogens is 296 g/mol. The Morgan fingerprint density at radius 3 is 1.70 bits per heavy atom. The first-order valence-electron chi connectivity index (χ1n) is 7.06. The summed E-state index contributed by atoms with van der Waals surface area (Å²) in [5, 5.41) is 9.78. The fourth-order valence-corrected chi connectivity index (χ4v) is 2.11. The summed E-state index contributed by atoms with van der Waals surface area (Å²) in [7, 11) is 0. The van der Waals surface area contributed by atoms with Crippen LogP contribution in [0.4, 0.5) is 0 Å². The number of benzene rings is 2. The Balaban J connectivity index is 2.27. The van der Waals surface area contributed by atoms with Crippen LogP contribution in [-0.2, 0) is 19.1 Å². The van der Waals surface area contributed by atoms with Gasteiger partial charge in [0.1, 0.15) is 18.5 Å². The molecule has 0 aliphatic heterocycles. The highest BCUT2D eigenvalue weighted by Gasteiger charge is 2.30. The molecule has 0 amide bonds. The fraction of sp³-hybridized carbons (Fsp3) is 0.167. The minimum Gasteiger partial charge on any atom is -0.451 e. The lowest BCUT2D eigenvalue weighted by Crippen LogP contribution is -2.34. The third-order valence-electron chi connectivity index (χ3n) is 3.36. The number of rotatable bonds is 7. The predicted octanol–water partition coefficient (Wildman–Crippen LogP) is 1.69. The molecule has 0 saturated carbocycles. The van der Waals surface area contributed by atoms with Crippen molar-refractivity contribution < 1.29 is 24.2 Å². The first-order valence-corrected chi connectivity index (χ1v) is 7.06.